The van der Waals surface area contributed by atoms with Crippen LogP contribution in [0.1, 0.15) is 22.5 Å². The van der Waals surface area contributed by atoms with Crippen LogP contribution in [0.3, 0.4) is 0 Å². The Morgan fingerprint density at radius 3 is 2.73 bits per heavy atom. The molecule has 2 aromatic carbocycles. The van der Waals surface area contributed by atoms with Gasteiger partial charge in [0.05, 0.1) is 9.89 Å². The Bertz CT molecular complexity index is 1070. The fraction of sp³-hybridized carbons (Fsp3) is 0.200. The third-order valence-corrected chi connectivity index (χ3v) is 6.36. The normalized spacial score (nSPS) is 21.4. The number of fused-ring (bicyclic) bond motifs is 3. The van der Waals surface area contributed by atoms with Gasteiger partial charge in [0.2, 0.25) is 5.91 Å². The molecule has 0 bridgehead atoms. The Balaban J connectivity index is 1.50. The van der Waals surface area contributed by atoms with E-state index in [-0.39, 0.29) is 11.8 Å². The fourth-order valence-corrected chi connectivity index (χ4v) is 4.79. The van der Waals surface area contributed by atoms with Gasteiger partial charge in [-0.05, 0) is 40.0 Å². The second-order valence-electron chi connectivity index (χ2n) is 6.92. The maximum absolute atomic E-state index is 13.1. The number of likely N-dealkylation sites (tertiary alicyclic amines) is 1. The first kappa shape index (κ1) is 15.6. The molecule has 6 heteroatoms. The van der Waals surface area contributed by atoms with Crippen molar-refractivity contribution in [1.82, 2.24) is 9.88 Å². The van der Waals surface area contributed by atoms with E-state index >= 15 is 0 Å². The van der Waals surface area contributed by atoms with Crippen molar-refractivity contribution in [2.24, 2.45) is 0 Å². The second kappa shape index (κ2) is 5.45. The van der Waals surface area contributed by atoms with Crippen LogP contribution < -0.4 is 5.32 Å². The number of anilines is 1. The van der Waals surface area contributed by atoms with Gasteiger partial charge in [-0.25, -0.2) is 0 Å². The maximum atomic E-state index is 13.1. The van der Waals surface area contributed by atoms with Crippen LogP contribution in [-0.4, -0.2) is 34.8 Å². The molecule has 1 saturated heterocycles. The number of benzene rings is 2. The Hall–Kier alpha value is -2.60. The third kappa shape index (κ3) is 2.02. The topological polar surface area (TPSA) is 65.2 Å². The average molecular weight is 410 g/mol. The lowest BCUT2D eigenvalue weighted by Crippen LogP contribution is -2.39. The van der Waals surface area contributed by atoms with Gasteiger partial charge in [0, 0.05) is 29.7 Å². The number of nitrogens with one attached hydrogen (secondary N) is 2. The molecule has 1 unspecified atom stereocenters. The van der Waals surface area contributed by atoms with Crippen LogP contribution in [0.2, 0.25) is 0 Å². The second-order valence-corrected chi connectivity index (χ2v) is 7.71. The van der Waals surface area contributed by atoms with Crippen LogP contribution in [0.4, 0.5) is 5.69 Å². The third-order valence-electron chi connectivity index (χ3n) is 5.54. The molecule has 2 amide bonds. The van der Waals surface area contributed by atoms with Gasteiger partial charge in [-0.15, -0.1) is 0 Å². The molecule has 3 heterocycles. The summed E-state index contributed by atoms with van der Waals surface area (Å²) in [5, 5.41) is 3.95. The highest BCUT2D eigenvalue weighted by atomic mass is 79.9. The predicted molar refractivity (Wildman–Crippen MR) is 103 cm³/mol. The molecule has 2 aliphatic heterocycles. The lowest BCUT2D eigenvalue weighted by Gasteiger charge is -2.22. The van der Waals surface area contributed by atoms with Crippen molar-refractivity contribution in [1.29, 1.82) is 0 Å². The first-order chi connectivity index (χ1) is 12.6. The summed E-state index contributed by atoms with van der Waals surface area (Å²) >= 11 is 3.55. The van der Waals surface area contributed by atoms with Crippen LogP contribution in [0.5, 0.6) is 0 Å². The van der Waals surface area contributed by atoms with Crippen molar-refractivity contribution in [2.75, 3.05) is 18.4 Å². The van der Waals surface area contributed by atoms with Crippen molar-refractivity contribution in [3.05, 3.63) is 64.3 Å². The van der Waals surface area contributed by atoms with Crippen LogP contribution in [0.25, 0.3) is 10.9 Å². The number of halogens is 1. The molecular weight excluding hydrogens is 394 g/mol. The molecular formula is C20H16BrN3O2. The van der Waals surface area contributed by atoms with Gasteiger partial charge < -0.3 is 15.2 Å². The maximum Gasteiger partial charge on any atom is 0.271 e. The van der Waals surface area contributed by atoms with E-state index in [1.165, 1.54) is 0 Å². The summed E-state index contributed by atoms with van der Waals surface area (Å²) < 4.78 is 0.773. The number of nitrogens with zero attached hydrogens (tertiary/aromatic N) is 1. The molecule has 26 heavy (non-hydrogen) atoms. The molecule has 1 fully saturated rings. The van der Waals surface area contributed by atoms with Gasteiger partial charge in [0.25, 0.3) is 5.91 Å². The van der Waals surface area contributed by atoms with Gasteiger partial charge in [0.15, 0.2) is 0 Å². The Morgan fingerprint density at radius 2 is 1.88 bits per heavy atom. The van der Waals surface area contributed by atoms with Gasteiger partial charge in [0.1, 0.15) is 5.69 Å². The average Bonchev–Trinajstić information content (AvgIpc) is 3.32. The summed E-state index contributed by atoms with van der Waals surface area (Å²) in [4.78, 5) is 30.8. The summed E-state index contributed by atoms with van der Waals surface area (Å²) in [5.41, 5.74) is 2.68. The summed E-state index contributed by atoms with van der Waals surface area (Å²) in [6.07, 6.45) is 0.638. The van der Waals surface area contributed by atoms with Crippen molar-refractivity contribution in [2.45, 2.75) is 11.8 Å². The van der Waals surface area contributed by atoms with E-state index in [0.29, 0.717) is 25.2 Å². The van der Waals surface area contributed by atoms with Crippen LogP contribution in [-0.2, 0) is 10.2 Å². The predicted octanol–water partition coefficient (Wildman–Crippen LogP) is 3.67. The quantitative estimate of drug-likeness (QED) is 0.643. The highest BCUT2D eigenvalue weighted by Gasteiger charge is 2.52. The molecule has 0 aliphatic carbocycles. The van der Waals surface area contributed by atoms with Gasteiger partial charge in [-0.2, -0.15) is 0 Å². The number of H-pyrrole nitrogens is 1. The van der Waals surface area contributed by atoms with E-state index in [4.69, 9.17) is 0 Å². The number of aromatic nitrogens is 1. The number of para-hydroxylation sites is 2. The minimum absolute atomic E-state index is 0.00953. The molecule has 1 atom stereocenters. The van der Waals surface area contributed by atoms with Crippen molar-refractivity contribution in [3.63, 3.8) is 0 Å². The fourth-order valence-electron chi connectivity index (χ4n) is 4.18. The summed E-state index contributed by atoms with van der Waals surface area (Å²) in [6, 6.07) is 15.6. The number of rotatable bonds is 1. The lowest BCUT2D eigenvalue weighted by molar-refractivity contribution is -0.120. The Morgan fingerprint density at radius 1 is 1.12 bits per heavy atom. The highest BCUT2D eigenvalue weighted by molar-refractivity contribution is 9.10. The number of hydrogen-bond acceptors (Lipinski definition) is 2. The largest absolute Gasteiger partial charge is 0.350 e. The summed E-state index contributed by atoms with van der Waals surface area (Å²) in [6.45, 7) is 0.957. The molecule has 130 valence electrons. The standard InChI is InChI=1S/C20H16BrN3O2/c21-16-12-5-1-3-7-14(12)22-17(16)18(25)24-10-9-20(11-24)13-6-2-4-8-15(13)23-19(20)26/h1-8,22H,9-11H2,(H,23,26). The zero-order valence-electron chi connectivity index (χ0n) is 13.9. The number of carbonyl (C=O) groups excluding carboxylic acids is 2. The van der Waals surface area contributed by atoms with Crippen LogP contribution >= 0.6 is 15.9 Å². The molecule has 0 radical (unpaired) electrons. The first-order valence-electron chi connectivity index (χ1n) is 8.57. The molecule has 5 nitrogen and oxygen atoms in total. The van der Waals surface area contributed by atoms with Gasteiger partial charge >= 0.3 is 0 Å². The van der Waals surface area contributed by atoms with Crippen LogP contribution in [0, 0.1) is 0 Å². The molecule has 0 saturated carbocycles. The minimum Gasteiger partial charge on any atom is -0.350 e. The lowest BCUT2D eigenvalue weighted by atomic mass is 9.81. The van der Waals surface area contributed by atoms with Gasteiger partial charge in [-0.3, -0.25) is 9.59 Å². The van der Waals surface area contributed by atoms with Gasteiger partial charge in [-0.1, -0.05) is 36.4 Å². The minimum atomic E-state index is -0.634. The van der Waals surface area contributed by atoms with E-state index < -0.39 is 5.41 Å². The zero-order chi connectivity index (χ0) is 17.9. The van der Waals surface area contributed by atoms with E-state index in [1.807, 2.05) is 48.5 Å². The number of amides is 2. The number of carbonyl (C=O) groups is 2. The molecule has 5 rings (SSSR count). The molecule has 3 aromatic rings. The van der Waals surface area contributed by atoms with Crippen molar-refractivity contribution >= 4 is 44.3 Å². The van der Waals surface area contributed by atoms with Crippen molar-refractivity contribution < 1.29 is 9.59 Å². The first-order valence-corrected chi connectivity index (χ1v) is 9.36. The monoisotopic (exact) mass is 409 g/mol. The van der Waals surface area contributed by atoms with Crippen LogP contribution in [0.15, 0.2) is 53.0 Å². The van der Waals surface area contributed by atoms with E-state index in [1.54, 1.807) is 4.90 Å². The molecule has 1 spiro atoms. The SMILES string of the molecule is O=C(c1[nH]c2ccccc2c1Br)N1CCC2(C1)C(=O)Nc1ccccc12. The number of hydrogen-bond donors (Lipinski definition) is 2. The Kier molecular flexibility index (Phi) is 3.28. The zero-order valence-corrected chi connectivity index (χ0v) is 15.5. The van der Waals surface area contributed by atoms with E-state index in [2.05, 4.69) is 26.2 Å². The molecule has 2 N–H and O–H groups in total. The van der Waals surface area contributed by atoms with Crippen molar-refractivity contribution in [3.8, 4) is 0 Å². The smallest absolute Gasteiger partial charge is 0.271 e. The Labute approximate surface area is 158 Å². The van der Waals surface area contributed by atoms with E-state index in [0.717, 1.165) is 26.6 Å². The summed E-state index contributed by atoms with van der Waals surface area (Å²) in [7, 11) is 0. The van der Waals surface area contributed by atoms with E-state index in [9.17, 15) is 9.59 Å². The number of aromatic amines is 1. The highest BCUT2D eigenvalue weighted by Crippen LogP contribution is 2.44. The molecule has 2 aliphatic rings. The summed E-state index contributed by atoms with van der Waals surface area (Å²) in [5.74, 6) is -0.0909. The molecule has 1 aromatic heterocycles.